The van der Waals surface area contributed by atoms with Crippen LogP contribution in [0.2, 0.25) is 0 Å². The van der Waals surface area contributed by atoms with Crippen molar-refractivity contribution >= 4 is 45.4 Å². The van der Waals surface area contributed by atoms with Gasteiger partial charge in [0.15, 0.2) is 0 Å². The number of hydrogen-bond donors (Lipinski definition) is 0. The Bertz CT molecular complexity index is 486. The zero-order valence-corrected chi connectivity index (χ0v) is 13.4. The van der Waals surface area contributed by atoms with Gasteiger partial charge in [0.25, 0.3) is 0 Å². The SMILES string of the molecule is CS(=O)(=O)Oc1cccc(N2CCOCC2)c1.[Na]. The minimum absolute atomic E-state index is 0. The minimum Gasteiger partial charge on any atom is -0.383 e. The summed E-state index contributed by atoms with van der Waals surface area (Å²) in [4.78, 5) is 2.14. The second-order valence-corrected chi connectivity index (χ2v) is 5.46. The molecule has 0 N–H and O–H groups in total. The maximum atomic E-state index is 11.0. The van der Waals surface area contributed by atoms with E-state index in [9.17, 15) is 8.42 Å². The molecule has 0 bridgehead atoms. The molecule has 1 aromatic carbocycles. The van der Waals surface area contributed by atoms with Crippen LogP contribution in [0.1, 0.15) is 0 Å². The van der Waals surface area contributed by atoms with E-state index in [0.29, 0.717) is 19.0 Å². The number of rotatable bonds is 3. The van der Waals surface area contributed by atoms with Crippen LogP contribution < -0.4 is 9.08 Å². The van der Waals surface area contributed by atoms with Crippen LogP contribution >= 0.6 is 0 Å². The van der Waals surface area contributed by atoms with Crippen molar-refractivity contribution in [2.75, 3.05) is 37.5 Å². The fourth-order valence-corrected chi connectivity index (χ4v) is 2.18. The van der Waals surface area contributed by atoms with Gasteiger partial charge in [-0.1, -0.05) is 6.07 Å². The van der Waals surface area contributed by atoms with E-state index >= 15 is 0 Å². The van der Waals surface area contributed by atoms with Gasteiger partial charge in [0.1, 0.15) is 5.75 Å². The second kappa shape index (κ2) is 6.77. The third-order valence-corrected chi connectivity index (χ3v) is 2.94. The maximum absolute atomic E-state index is 11.0. The predicted molar refractivity (Wildman–Crippen MR) is 70.7 cm³/mol. The maximum Gasteiger partial charge on any atom is 0.306 e. The van der Waals surface area contributed by atoms with Crippen LogP contribution in [0, 0.1) is 0 Å². The van der Waals surface area contributed by atoms with Crippen molar-refractivity contribution in [2.45, 2.75) is 0 Å². The molecule has 7 heteroatoms. The van der Waals surface area contributed by atoms with Gasteiger partial charge in [-0.2, -0.15) is 8.42 Å². The molecule has 1 aliphatic rings. The van der Waals surface area contributed by atoms with Crippen LogP contribution in [0.5, 0.6) is 5.75 Å². The Hall–Kier alpha value is -0.270. The number of morpholine rings is 1. The molecule has 0 spiro atoms. The summed E-state index contributed by atoms with van der Waals surface area (Å²) in [5, 5.41) is 0. The van der Waals surface area contributed by atoms with Gasteiger partial charge < -0.3 is 13.8 Å². The van der Waals surface area contributed by atoms with Crippen LogP contribution in [-0.4, -0.2) is 70.5 Å². The van der Waals surface area contributed by atoms with Gasteiger partial charge in [-0.15, -0.1) is 0 Å². The van der Waals surface area contributed by atoms with Crippen molar-refractivity contribution in [1.82, 2.24) is 0 Å². The molecule has 1 fully saturated rings. The molecular formula is C11H15NNaO4S. The fourth-order valence-electron chi connectivity index (χ4n) is 1.73. The summed E-state index contributed by atoms with van der Waals surface area (Å²) in [6, 6.07) is 7.07. The molecule has 95 valence electrons. The number of ether oxygens (including phenoxy) is 1. The number of hydrogen-bond acceptors (Lipinski definition) is 5. The van der Waals surface area contributed by atoms with Crippen molar-refractivity contribution < 1.29 is 17.3 Å². The summed E-state index contributed by atoms with van der Waals surface area (Å²) in [7, 11) is -3.47. The molecule has 5 nitrogen and oxygen atoms in total. The van der Waals surface area contributed by atoms with E-state index in [1.165, 1.54) is 0 Å². The summed E-state index contributed by atoms with van der Waals surface area (Å²) in [5.41, 5.74) is 0.953. The normalized spacial score (nSPS) is 15.9. The molecule has 1 heterocycles. The van der Waals surface area contributed by atoms with E-state index in [1.807, 2.05) is 6.07 Å². The summed E-state index contributed by atoms with van der Waals surface area (Å²) >= 11 is 0. The predicted octanol–water partition coefficient (Wildman–Crippen LogP) is 0.481. The van der Waals surface area contributed by atoms with Crippen molar-refractivity contribution in [3.8, 4) is 5.75 Å². The van der Waals surface area contributed by atoms with E-state index in [4.69, 9.17) is 8.92 Å². The van der Waals surface area contributed by atoms with Crippen LogP contribution in [0.15, 0.2) is 24.3 Å². The van der Waals surface area contributed by atoms with E-state index in [2.05, 4.69) is 4.90 Å². The van der Waals surface area contributed by atoms with Crippen LogP contribution in [0.4, 0.5) is 5.69 Å². The van der Waals surface area contributed by atoms with Crippen molar-refractivity contribution in [1.29, 1.82) is 0 Å². The van der Waals surface area contributed by atoms with Gasteiger partial charge in [-0.3, -0.25) is 0 Å². The molecule has 1 radical (unpaired) electrons. The van der Waals surface area contributed by atoms with Crippen molar-refractivity contribution in [3.63, 3.8) is 0 Å². The van der Waals surface area contributed by atoms with Crippen LogP contribution in [0.3, 0.4) is 0 Å². The quantitative estimate of drug-likeness (QED) is 0.595. The van der Waals surface area contributed by atoms with Crippen LogP contribution in [0.25, 0.3) is 0 Å². The van der Waals surface area contributed by atoms with E-state index in [-0.39, 0.29) is 29.6 Å². The number of benzene rings is 1. The Labute approximate surface area is 129 Å². The third kappa shape index (κ3) is 4.78. The Morgan fingerprint density at radius 1 is 1.28 bits per heavy atom. The Morgan fingerprint density at radius 2 is 1.94 bits per heavy atom. The summed E-state index contributed by atoms with van der Waals surface area (Å²) in [5.74, 6) is 0.344. The standard InChI is InChI=1S/C11H15NO4S.Na/c1-17(13,14)16-11-4-2-3-10(9-11)12-5-7-15-8-6-12;/h2-4,9H,5-8H2,1H3;. The van der Waals surface area contributed by atoms with E-state index < -0.39 is 10.1 Å². The second-order valence-electron chi connectivity index (χ2n) is 3.88. The smallest absolute Gasteiger partial charge is 0.306 e. The van der Waals surface area contributed by atoms with Crippen molar-refractivity contribution in [2.24, 2.45) is 0 Å². The van der Waals surface area contributed by atoms with Gasteiger partial charge in [0, 0.05) is 54.4 Å². The molecule has 0 aromatic heterocycles. The van der Waals surface area contributed by atoms with Gasteiger partial charge >= 0.3 is 10.1 Å². The largest absolute Gasteiger partial charge is 0.383 e. The van der Waals surface area contributed by atoms with E-state index in [1.54, 1.807) is 18.2 Å². The van der Waals surface area contributed by atoms with Crippen molar-refractivity contribution in [3.05, 3.63) is 24.3 Å². The Kier molecular flexibility index (Phi) is 5.94. The summed E-state index contributed by atoms with van der Waals surface area (Å²) in [6.07, 6.45) is 1.04. The molecule has 0 saturated carbocycles. The number of nitrogens with zero attached hydrogens (tertiary/aromatic N) is 1. The van der Waals surface area contributed by atoms with E-state index in [0.717, 1.165) is 25.0 Å². The first-order chi connectivity index (χ1) is 8.04. The average molecular weight is 280 g/mol. The zero-order valence-electron chi connectivity index (χ0n) is 10.6. The molecule has 1 aliphatic heterocycles. The molecule has 0 atom stereocenters. The van der Waals surface area contributed by atoms with Gasteiger partial charge in [-0.25, -0.2) is 0 Å². The zero-order chi connectivity index (χ0) is 12.3. The summed E-state index contributed by atoms with van der Waals surface area (Å²) in [6.45, 7) is 3.00. The first-order valence-electron chi connectivity index (χ1n) is 5.37. The van der Waals surface area contributed by atoms with Crippen LogP contribution in [-0.2, 0) is 14.9 Å². The van der Waals surface area contributed by atoms with Gasteiger partial charge in [0.05, 0.1) is 19.5 Å². The first kappa shape index (κ1) is 15.8. The molecule has 1 aromatic rings. The average Bonchev–Trinajstić information content (AvgIpc) is 2.28. The van der Waals surface area contributed by atoms with Gasteiger partial charge in [-0.05, 0) is 12.1 Å². The monoisotopic (exact) mass is 280 g/mol. The first-order valence-corrected chi connectivity index (χ1v) is 7.18. The van der Waals surface area contributed by atoms with Gasteiger partial charge in [0.2, 0.25) is 0 Å². The summed E-state index contributed by atoms with van der Waals surface area (Å²) < 4.78 is 32.2. The molecule has 18 heavy (non-hydrogen) atoms. The molecular weight excluding hydrogens is 265 g/mol. The fraction of sp³-hybridized carbons (Fsp3) is 0.455. The molecule has 1 saturated heterocycles. The number of anilines is 1. The molecule has 0 unspecified atom stereocenters. The topological polar surface area (TPSA) is 55.8 Å². The Balaban J connectivity index is 0.00000162. The molecule has 0 aliphatic carbocycles. The molecule has 2 rings (SSSR count). The molecule has 0 amide bonds. The third-order valence-electron chi connectivity index (χ3n) is 2.44. The minimum atomic E-state index is -3.47. The Morgan fingerprint density at radius 3 is 2.56 bits per heavy atom.